The van der Waals surface area contributed by atoms with E-state index < -0.39 is 0 Å². The van der Waals surface area contributed by atoms with Gasteiger partial charge in [0.1, 0.15) is 5.75 Å². The highest BCUT2D eigenvalue weighted by molar-refractivity contribution is 6.62. The third kappa shape index (κ3) is 3.49. The first-order chi connectivity index (χ1) is 10.0. The van der Waals surface area contributed by atoms with Gasteiger partial charge in [-0.15, -0.1) is 0 Å². The molecule has 1 fully saturated rings. The molecule has 1 aliphatic heterocycles. The Kier molecular flexibility index (Phi) is 4.65. The smallest absolute Gasteiger partial charge is 0.491 e. The van der Waals surface area contributed by atoms with Crippen molar-refractivity contribution in [3.8, 4) is 5.75 Å². The average Bonchev–Trinajstić information content (AvgIpc) is 2.57. The Morgan fingerprint density at radius 1 is 0.909 bits per heavy atom. The summed E-state index contributed by atoms with van der Waals surface area (Å²) < 4.78 is 18.2. The fourth-order valence-corrected chi connectivity index (χ4v) is 2.43. The molecule has 0 unspecified atom stereocenters. The summed E-state index contributed by atoms with van der Waals surface area (Å²) in [7, 11) is -0.349. The molecule has 122 valence electrons. The summed E-state index contributed by atoms with van der Waals surface area (Å²) in [6.45, 7) is 16.7. The van der Waals surface area contributed by atoms with Gasteiger partial charge in [-0.2, -0.15) is 0 Å². The van der Waals surface area contributed by atoms with E-state index in [0.29, 0.717) is 5.92 Å². The van der Waals surface area contributed by atoms with Gasteiger partial charge in [-0.25, -0.2) is 0 Å². The molecule has 22 heavy (non-hydrogen) atoms. The number of hydrogen-bond donors (Lipinski definition) is 0. The van der Waals surface area contributed by atoms with E-state index in [9.17, 15) is 0 Å². The van der Waals surface area contributed by atoms with Crippen LogP contribution in [0, 0.1) is 0 Å². The van der Waals surface area contributed by atoms with Crippen LogP contribution in [0.3, 0.4) is 0 Å². The summed E-state index contributed by atoms with van der Waals surface area (Å²) >= 11 is 0. The maximum Gasteiger partial charge on any atom is 0.494 e. The molecule has 0 radical (unpaired) electrons. The molecule has 1 aliphatic rings. The van der Waals surface area contributed by atoms with Gasteiger partial charge in [0, 0.05) is 0 Å². The molecule has 0 saturated carbocycles. The number of ether oxygens (including phenoxy) is 1. The van der Waals surface area contributed by atoms with E-state index in [1.54, 1.807) is 0 Å². The monoisotopic (exact) mass is 304 g/mol. The lowest BCUT2D eigenvalue weighted by Gasteiger charge is -2.32. The van der Waals surface area contributed by atoms with Gasteiger partial charge in [0.05, 0.1) is 17.3 Å². The van der Waals surface area contributed by atoms with E-state index in [2.05, 4.69) is 53.7 Å². The molecule has 0 bridgehead atoms. The molecular weight excluding hydrogens is 275 g/mol. The van der Waals surface area contributed by atoms with Crippen LogP contribution in [0.5, 0.6) is 5.75 Å². The van der Waals surface area contributed by atoms with E-state index in [1.807, 2.05) is 19.9 Å². The Hall–Kier alpha value is -0.995. The van der Waals surface area contributed by atoms with Crippen LogP contribution in [0.4, 0.5) is 0 Å². The summed E-state index contributed by atoms with van der Waals surface area (Å²) in [5.74, 6) is 1.31. The molecule has 0 N–H and O–H groups in total. The third-order valence-corrected chi connectivity index (χ3v) is 4.52. The molecule has 0 aliphatic carbocycles. The molecular formula is C18H29BO3. The second-order valence-electron chi connectivity index (χ2n) is 7.74. The molecule has 1 aromatic carbocycles. The van der Waals surface area contributed by atoms with Crippen LogP contribution in [-0.4, -0.2) is 24.4 Å². The van der Waals surface area contributed by atoms with Crippen LogP contribution in [0.1, 0.15) is 66.9 Å². The molecule has 3 nitrogen and oxygen atoms in total. The summed E-state index contributed by atoms with van der Waals surface area (Å²) in [4.78, 5) is 0. The molecule has 0 aromatic heterocycles. The summed E-state index contributed by atoms with van der Waals surface area (Å²) in [6, 6.07) is 6.31. The Labute approximate surface area is 135 Å². The van der Waals surface area contributed by atoms with Crippen LogP contribution in [-0.2, 0) is 9.31 Å². The van der Waals surface area contributed by atoms with Crippen molar-refractivity contribution in [3.63, 3.8) is 0 Å². The highest BCUT2D eigenvalue weighted by atomic mass is 16.7. The zero-order valence-electron chi connectivity index (χ0n) is 15.2. The van der Waals surface area contributed by atoms with Crippen molar-refractivity contribution in [3.05, 3.63) is 23.8 Å². The minimum absolute atomic E-state index is 0.147. The van der Waals surface area contributed by atoms with Gasteiger partial charge < -0.3 is 14.0 Å². The minimum Gasteiger partial charge on any atom is -0.491 e. The molecule has 1 saturated heterocycles. The molecule has 2 rings (SSSR count). The van der Waals surface area contributed by atoms with Gasteiger partial charge in [-0.3, -0.25) is 0 Å². The van der Waals surface area contributed by atoms with E-state index in [-0.39, 0.29) is 24.4 Å². The Bertz CT molecular complexity index is 519. The topological polar surface area (TPSA) is 27.7 Å². The van der Waals surface area contributed by atoms with Gasteiger partial charge in [0.25, 0.3) is 0 Å². The summed E-state index contributed by atoms with van der Waals surface area (Å²) in [5, 5.41) is 0. The van der Waals surface area contributed by atoms with Gasteiger partial charge in [-0.05, 0) is 70.6 Å². The third-order valence-electron chi connectivity index (χ3n) is 4.52. The predicted octanol–water partition coefficient (Wildman–Crippen LogP) is 3.90. The van der Waals surface area contributed by atoms with Gasteiger partial charge in [0.15, 0.2) is 0 Å². The molecule has 1 aromatic rings. The van der Waals surface area contributed by atoms with Crippen molar-refractivity contribution in [2.24, 2.45) is 0 Å². The number of rotatable bonds is 4. The zero-order valence-corrected chi connectivity index (χ0v) is 15.2. The second kappa shape index (κ2) is 5.90. The van der Waals surface area contributed by atoms with Gasteiger partial charge >= 0.3 is 7.12 Å². The minimum atomic E-state index is -0.349. The first kappa shape index (κ1) is 17.4. The highest BCUT2D eigenvalue weighted by Gasteiger charge is 2.51. The zero-order chi connectivity index (χ0) is 16.7. The van der Waals surface area contributed by atoms with E-state index in [0.717, 1.165) is 11.2 Å². The van der Waals surface area contributed by atoms with Crippen molar-refractivity contribution in [2.75, 3.05) is 0 Å². The average molecular weight is 304 g/mol. The fraction of sp³-hybridized carbons (Fsp3) is 0.667. The lowest BCUT2D eigenvalue weighted by atomic mass is 9.77. The van der Waals surface area contributed by atoms with Crippen LogP contribution in [0.2, 0.25) is 0 Å². The van der Waals surface area contributed by atoms with Crippen molar-refractivity contribution in [1.29, 1.82) is 0 Å². The van der Waals surface area contributed by atoms with Crippen LogP contribution >= 0.6 is 0 Å². The molecule has 0 amide bonds. The first-order valence-electron chi connectivity index (χ1n) is 8.19. The van der Waals surface area contributed by atoms with Crippen molar-refractivity contribution in [1.82, 2.24) is 0 Å². The Morgan fingerprint density at radius 2 is 1.45 bits per heavy atom. The van der Waals surface area contributed by atoms with Crippen molar-refractivity contribution < 1.29 is 14.0 Å². The first-order valence-corrected chi connectivity index (χ1v) is 8.19. The highest BCUT2D eigenvalue weighted by Crippen LogP contribution is 2.37. The van der Waals surface area contributed by atoms with Crippen LogP contribution in [0.25, 0.3) is 0 Å². The number of benzene rings is 1. The van der Waals surface area contributed by atoms with E-state index in [1.165, 1.54) is 5.56 Å². The van der Waals surface area contributed by atoms with Gasteiger partial charge in [0.2, 0.25) is 0 Å². The van der Waals surface area contributed by atoms with Gasteiger partial charge in [-0.1, -0.05) is 19.9 Å². The molecule has 0 spiro atoms. The van der Waals surface area contributed by atoms with Crippen LogP contribution in [0.15, 0.2) is 18.2 Å². The predicted molar refractivity (Wildman–Crippen MR) is 92.0 cm³/mol. The summed E-state index contributed by atoms with van der Waals surface area (Å²) in [5.41, 5.74) is 1.61. The van der Waals surface area contributed by atoms with Crippen LogP contribution < -0.4 is 10.2 Å². The lowest BCUT2D eigenvalue weighted by molar-refractivity contribution is 0.00578. The van der Waals surface area contributed by atoms with E-state index >= 15 is 0 Å². The quantitative estimate of drug-likeness (QED) is 0.790. The normalized spacial score (nSPS) is 20.0. The largest absolute Gasteiger partial charge is 0.494 e. The van der Waals surface area contributed by atoms with E-state index in [4.69, 9.17) is 14.0 Å². The molecule has 0 atom stereocenters. The fourth-order valence-electron chi connectivity index (χ4n) is 2.43. The van der Waals surface area contributed by atoms with Crippen molar-refractivity contribution in [2.45, 2.75) is 78.6 Å². The Balaban J connectivity index is 2.36. The lowest BCUT2D eigenvalue weighted by Crippen LogP contribution is -2.41. The maximum atomic E-state index is 6.17. The number of hydrogen-bond acceptors (Lipinski definition) is 3. The standard InChI is InChI=1S/C18H29BO3/c1-12(2)14-9-15(11-16(10-14)20-13(3)4)19-21-17(5,6)18(7,8)22-19/h9-13H,1-8H3. The van der Waals surface area contributed by atoms with Crippen molar-refractivity contribution >= 4 is 12.6 Å². The summed E-state index contributed by atoms with van der Waals surface area (Å²) in [6.07, 6.45) is 0.147. The molecule has 1 heterocycles. The second-order valence-corrected chi connectivity index (χ2v) is 7.74. The SMILES string of the molecule is CC(C)Oc1cc(B2OC(C)(C)C(C)(C)O2)cc(C(C)C)c1. The molecule has 4 heteroatoms. The maximum absolute atomic E-state index is 6.17. The Morgan fingerprint density at radius 3 is 1.91 bits per heavy atom.